The Morgan fingerprint density at radius 1 is 0.900 bits per heavy atom. The molecule has 0 radical (unpaired) electrons. The fourth-order valence-electron chi connectivity index (χ4n) is 3.92. The molecule has 4 aromatic rings. The summed E-state index contributed by atoms with van der Waals surface area (Å²) in [5.74, 6) is 1.10. The lowest BCUT2D eigenvalue weighted by molar-refractivity contribution is 0.414. The summed E-state index contributed by atoms with van der Waals surface area (Å²) < 4.78 is 7.68. The summed E-state index contributed by atoms with van der Waals surface area (Å²) in [6.07, 6.45) is 0. The quantitative estimate of drug-likeness (QED) is 0.141. The first kappa shape index (κ1) is 28.7. The van der Waals surface area contributed by atoms with Crippen LogP contribution in [0.3, 0.4) is 0 Å². The minimum Gasteiger partial charge on any atom is -0.497 e. The molecule has 0 unspecified atom stereocenters. The van der Waals surface area contributed by atoms with E-state index in [9.17, 15) is 9.59 Å². The number of aromatic nitrogens is 3. The van der Waals surface area contributed by atoms with E-state index >= 15 is 0 Å². The number of methoxy groups -OCH3 is 1. The van der Waals surface area contributed by atoms with Gasteiger partial charge in [0.15, 0.2) is 5.96 Å². The Kier molecular flexibility index (Phi) is 9.82. The lowest BCUT2D eigenvalue weighted by Crippen LogP contribution is -2.44. The van der Waals surface area contributed by atoms with Gasteiger partial charge in [-0.05, 0) is 47.0 Å². The van der Waals surface area contributed by atoms with Gasteiger partial charge in [-0.25, -0.2) is 19.1 Å². The molecular weight excluding hydrogens is 553 g/mol. The van der Waals surface area contributed by atoms with Crippen LogP contribution in [0.15, 0.2) is 87.4 Å². The summed E-state index contributed by atoms with van der Waals surface area (Å²) in [6.45, 7) is 1.29. The zero-order valence-corrected chi connectivity index (χ0v) is 23.3. The van der Waals surface area contributed by atoms with Crippen molar-refractivity contribution in [1.82, 2.24) is 19.4 Å². The van der Waals surface area contributed by atoms with Gasteiger partial charge >= 0.3 is 11.4 Å². The first-order chi connectivity index (χ1) is 19.3. The highest BCUT2D eigenvalue weighted by Crippen LogP contribution is 2.19. The zero-order valence-electron chi connectivity index (χ0n) is 21.8. The molecule has 12 heteroatoms. The molecule has 0 bridgehead atoms. The van der Waals surface area contributed by atoms with Crippen molar-refractivity contribution >= 4 is 35.1 Å². The van der Waals surface area contributed by atoms with Crippen LogP contribution in [-0.2, 0) is 19.6 Å². The molecule has 0 aliphatic carbocycles. The largest absolute Gasteiger partial charge is 0.497 e. The van der Waals surface area contributed by atoms with Crippen LogP contribution in [0.5, 0.6) is 5.75 Å². The zero-order chi connectivity index (χ0) is 28.5. The van der Waals surface area contributed by atoms with Gasteiger partial charge in [0, 0.05) is 23.1 Å². The highest BCUT2D eigenvalue weighted by atomic mass is 35.5. The SMILES string of the molecule is COc1ccc(Cn2c(NCCNC(N)=NCc3ccccc3)nc(=O)n(Cc3cc(Cl)cc(Cl)c3)c2=O)cc1. The second kappa shape index (κ2) is 13.7. The van der Waals surface area contributed by atoms with Gasteiger partial charge in [0.2, 0.25) is 5.95 Å². The van der Waals surface area contributed by atoms with E-state index in [0.717, 1.165) is 15.7 Å². The minimum atomic E-state index is -0.702. The smallest absolute Gasteiger partial charge is 0.355 e. The lowest BCUT2D eigenvalue weighted by atomic mass is 10.2. The third-order valence-electron chi connectivity index (χ3n) is 5.90. The van der Waals surface area contributed by atoms with Crippen molar-refractivity contribution in [3.63, 3.8) is 0 Å². The number of nitrogens with two attached hydrogens (primary N) is 1. The summed E-state index contributed by atoms with van der Waals surface area (Å²) in [5, 5.41) is 6.90. The second-order valence-corrected chi connectivity index (χ2v) is 9.71. The van der Waals surface area contributed by atoms with Gasteiger partial charge in [0.1, 0.15) is 5.75 Å². The van der Waals surface area contributed by atoms with Crippen molar-refractivity contribution in [2.45, 2.75) is 19.6 Å². The molecule has 0 atom stereocenters. The predicted molar refractivity (Wildman–Crippen MR) is 159 cm³/mol. The predicted octanol–water partition coefficient (Wildman–Crippen LogP) is 3.33. The van der Waals surface area contributed by atoms with E-state index in [-0.39, 0.29) is 25.0 Å². The van der Waals surface area contributed by atoms with E-state index in [1.54, 1.807) is 37.4 Å². The maximum Gasteiger partial charge on any atom is 0.355 e. The van der Waals surface area contributed by atoms with Crippen LogP contribution in [-0.4, -0.2) is 40.3 Å². The highest BCUT2D eigenvalue weighted by molar-refractivity contribution is 6.34. The Morgan fingerprint density at radius 2 is 1.57 bits per heavy atom. The number of anilines is 1. The highest BCUT2D eigenvalue weighted by Gasteiger charge is 2.15. The molecule has 0 fully saturated rings. The first-order valence-corrected chi connectivity index (χ1v) is 13.2. The van der Waals surface area contributed by atoms with Crippen molar-refractivity contribution in [1.29, 1.82) is 0 Å². The van der Waals surface area contributed by atoms with Crippen molar-refractivity contribution in [2.24, 2.45) is 10.7 Å². The molecule has 4 N–H and O–H groups in total. The number of hydrogen-bond acceptors (Lipinski definition) is 6. The van der Waals surface area contributed by atoms with Gasteiger partial charge in [-0.3, -0.25) is 4.57 Å². The number of ether oxygens (including phenoxy) is 1. The van der Waals surface area contributed by atoms with Crippen molar-refractivity contribution in [3.8, 4) is 5.75 Å². The summed E-state index contributed by atoms with van der Waals surface area (Å²) in [4.78, 5) is 35.0. The maximum atomic E-state index is 13.6. The van der Waals surface area contributed by atoms with Gasteiger partial charge in [0.05, 0.1) is 26.7 Å². The molecule has 3 aromatic carbocycles. The Morgan fingerprint density at radius 3 is 2.25 bits per heavy atom. The van der Waals surface area contributed by atoms with Crippen LogP contribution >= 0.6 is 23.2 Å². The third-order valence-corrected chi connectivity index (χ3v) is 6.34. The van der Waals surface area contributed by atoms with E-state index in [0.29, 0.717) is 41.0 Å². The number of aliphatic imine (C=N–C) groups is 1. The number of halogens is 2. The normalized spacial score (nSPS) is 11.3. The van der Waals surface area contributed by atoms with Gasteiger partial charge in [-0.1, -0.05) is 65.7 Å². The number of nitrogens with one attached hydrogen (secondary N) is 2. The second-order valence-electron chi connectivity index (χ2n) is 8.84. The Bertz CT molecular complexity index is 1570. The van der Waals surface area contributed by atoms with Crippen molar-refractivity contribution < 1.29 is 4.74 Å². The van der Waals surface area contributed by atoms with E-state index in [1.165, 1.54) is 4.57 Å². The number of hydrogen-bond donors (Lipinski definition) is 3. The molecule has 40 heavy (non-hydrogen) atoms. The van der Waals surface area contributed by atoms with Crippen LogP contribution < -0.4 is 32.5 Å². The Labute approximate surface area is 241 Å². The number of guanidine groups is 1. The molecule has 0 aliphatic rings. The molecule has 208 valence electrons. The standard InChI is InChI=1S/C28H29Cl2N7O3/c1-40-24-9-7-20(8-10-24)17-36-26(33-12-11-32-25(31)34-16-19-5-3-2-4-6-19)35-27(38)37(28(36)39)18-21-13-22(29)15-23(30)14-21/h2-10,13-15H,11-12,16-18H2,1H3,(H3,31,32,34)(H,33,35,38). The fourth-order valence-corrected chi connectivity index (χ4v) is 4.49. The minimum absolute atomic E-state index is 0.0379. The summed E-state index contributed by atoms with van der Waals surface area (Å²) >= 11 is 12.2. The van der Waals surface area contributed by atoms with E-state index in [4.69, 9.17) is 33.7 Å². The number of nitrogens with zero attached hydrogens (tertiary/aromatic N) is 4. The van der Waals surface area contributed by atoms with Crippen molar-refractivity contribution in [2.75, 3.05) is 25.5 Å². The molecule has 1 aromatic heterocycles. The summed E-state index contributed by atoms with van der Waals surface area (Å²) in [7, 11) is 1.58. The Hall–Kier alpha value is -4.28. The van der Waals surface area contributed by atoms with E-state index < -0.39 is 11.4 Å². The molecule has 0 saturated carbocycles. The molecular formula is C28H29Cl2N7O3. The fraction of sp³-hybridized carbons (Fsp3) is 0.214. The molecule has 0 amide bonds. The van der Waals surface area contributed by atoms with Gasteiger partial charge < -0.3 is 21.1 Å². The van der Waals surface area contributed by atoms with Gasteiger partial charge in [-0.2, -0.15) is 4.98 Å². The average Bonchev–Trinajstić information content (AvgIpc) is 2.94. The van der Waals surface area contributed by atoms with Crippen LogP contribution in [0.25, 0.3) is 0 Å². The van der Waals surface area contributed by atoms with E-state index in [1.807, 2.05) is 42.5 Å². The molecule has 0 saturated heterocycles. The monoisotopic (exact) mass is 581 g/mol. The third kappa shape index (κ3) is 7.87. The van der Waals surface area contributed by atoms with Gasteiger partial charge in [-0.15, -0.1) is 0 Å². The topological polar surface area (TPSA) is 129 Å². The van der Waals surface area contributed by atoms with Crippen LogP contribution in [0.4, 0.5) is 5.95 Å². The Balaban J connectivity index is 1.53. The summed E-state index contributed by atoms with van der Waals surface area (Å²) in [5.41, 5.74) is 7.20. The van der Waals surface area contributed by atoms with Gasteiger partial charge in [0.25, 0.3) is 0 Å². The average molecular weight is 582 g/mol. The number of benzene rings is 3. The van der Waals surface area contributed by atoms with Crippen LogP contribution in [0, 0.1) is 0 Å². The maximum absolute atomic E-state index is 13.6. The molecule has 1 heterocycles. The van der Waals surface area contributed by atoms with E-state index in [2.05, 4.69) is 20.6 Å². The van der Waals surface area contributed by atoms with Crippen LogP contribution in [0.2, 0.25) is 10.0 Å². The van der Waals surface area contributed by atoms with Crippen LogP contribution in [0.1, 0.15) is 16.7 Å². The molecule has 4 rings (SSSR count). The molecule has 0 spiro atoms. The first-order valence-electron chi connectivity index (χ1n) is 12.4. The molecule has 10 nitrogen and oxygen atoms in total. The molecule has 0 aliphatic heterocycles. The number of rotatable bonds is 11. The summed E-state index contributed by atoms with van der Waals surface area (Å²) in [6, 6.07) is 21.9. The van der Waals surface area contributed by atoms with Crippen molar-refractivity contribution in [3.05, 3.63) is 121 Å². The lowest BCUT2D eigenvalue weighted by Gasteiger charge is -2.16.